The lowest BCUT2D eigenvalue weighted by atomic mass is 9.91. The summed E-state index contributed by atoms with van der Waals surface area (Å²) in [4.78, 5) is 27.7. The first-order valence-corrected chi connectivity index (χ1v) is 22.1. The van der Waals surface area contributed by atoms with Gasteiger partial charge in [-0.15, -0.1) is 0 Å². The summed E-state index contributed by atoms with van der Waals surface area (Å²) in [6, 6.07) is 21.1. The Morgan fingerprint density at radius 3 is 1.46 bits per heavy atom. The van der Waals surface area contributed by atoms with Crippen molar-refractivity contribution in [1.29, 1.82) is 0 Å². The first kappa shape index (κ1) is 53.1. The molecule has 364 valence electrons. The molecular weight excluding hydrogens is 899 g/mol. The number of fused-ring (bicyclic) bond motifs is 2. The Bertz CT molecular complexity index is 2880. The predicted octanol–water partition coefficient (Wildman–Crippen LogP) is 14.8. The Morgan fingerprint density at radius 2 is 1.07 bits per heavy atom. The topological polar surface area (TPSA) is 117 Å². The number of rotatable bonds is 13. The number of benzene rings is 4. The molecule has 6 rings (SSSR count). The monoisotopic (exact) mass is 954 g/mol. The maximum atomic E-state index is 14.2. The number of carbonyl (C=O) groups excluding carboxylic acids is 1. The van der Waals surface area contributed by atoms with Crippen LogP contribution in [-0.2, 0) is 17.1 Å². The standard InChI is InChI=1S/C29H32F3N3O3.C24H24F3N3O/c1-18(2)16-28(6,35-26(36)38-27(3,4)5)17-37-25-11-8-19(14-23(25)29(30,31)32)21-12-13-34-24-15-20(33-7)9-10-22(21)24;1-15(2)13-23(3,28)14-31-22-8-5-16(11-20(22)24(25,26)27)18-9-10-30-21-12-17(29-4)6-7-19(18)21/h8-15,18H,16-17H2,1-6H3,(H,35,36);5-12,15H,13-14,28H2,1-3H3/t28-;23-/m00/s1. The fraction of sp³-hybridized carbons (Fsp3) is 0.377. The van der Waals surface area contributed by atoms with Gasteiger partial charge in [0.05, 0.1) is 40.8 Å². The highest BCUT2D eigenvalue weighted by atomic mass is 19.4. The van der Waals surface area contributed by atoms with Crippen molar-refractivity contribution in [2.24, 2.45) is 17.6 Å². The van der Waals surface area contributed by atoms with Crippen LogP contribution >= 0.6 is 0 Å². The molecule has 0 bridgehead atoms. The van der Waals surface area contributed by atoms with Crippen molar-refractivity contribution in [2.75, 3.05) is 13.2 Å². The van der Waals surface area contributed by atoms with Crippen LogP contribution in [0.4, 0.5) is 42.5 Å². The van der Waals surface area contributed by atoms with Gasteiger partial charge in [-0.2, -0.15) is 26.3 Å². The van der Waals surface area contributed by atoms with E-state index < -0.39 is 46.3 Å². The molecule has 16 heteroatoms. The number of hydrogen-bond donors (Lipinski definition) is 2. The van der Waals surface area contributed by atoms with E-state index in [0.29, 0.717) is 74.2 Å². The van der Waals surface area contributed by atoms with Gasteiger partial charge in [-0.3, -0.25) is 9.97 Å². The Kier molecular flexibility index (Phi) is 16.3. The second kappa shape index (κ2) is 21.2. The van der Waals surface area contributed by atoms with Gasteiger partial charge in [0.1, 0.15) is 30.3 Å². The van der Waals surface area contributed by atoms with E-state index in [1.54, 1.807) is 95.3 Å². The van der Waals surface area contributed by atoms with E-state index in [2.05, 4.69) is 25.0 Å². The molecule has 0 fully saturated rings. The molecule has 0 aliphatic heterocycles. The van der Waals surface area contributed by atoms with Gasteiger partial charge in [0.2, 0.25) is 0 Å². The highest BCUT2D eigenvalue weighted by Crippen LogP contribution is 2.42. The lowest BCUT2D eigenvalue weighted by Crippen LogP contribution is -2.52. The molecule has 0 saturated carbocycles. The van der Waals surface area contributed by atoms with Crippen LogP contribution in [0.25, 0.3) is 53.7 Å². The van der Waals surface area contributed by atoms with Gasteiger partial charge in [0.15, 0.2) is 11.4 Å². The van der Waals surface area contributed by atoms with Crippen molar-refractivity contribution < 1.29 is 45.3 Å². The number of nitrogens with zero attached hydrogens (tertiary/aromatic N) is 4. The molecule has 69 heavy (non-hydrogen) atoms. The smallest absolute Gasteiger partial charge is 0.419 e. The minimum atomic E-state index is -4.68. The fourth-order valence-corrected chi connectivity index (χ4v) is 8.07. The normalized spacial score (nSPS) is 13.7. The van der Waals surface area contributed by atoms with E-state index in [9.17, 15) is 31.1 Å². The molecule has 2 aromatic heterocycles. The Hall–Kier alpha value is -6.91. The number of carbonyl (C=O) groups is 1. The fourth-order valence-electron chi connectivity index (χ4n) is 8.07. The second-order valence-electron chi connectivity index (χ2n) is 19.4. The second-order valence-corrected chi connectivity index (χ2v) is 19.4. The first-order valence-electron chi connectivity index (χ1n) is 22.1. The third-order valence-corrected chi connectivity index (χ3v) is 10.5. The van der Waals surface area contributed by atoms with E-state index in [4.69, 9.17) is 33.1 Å². The molecule has 0 saturated heterocycles. The Labute approximate surface area is 398 Å². The Morgan fingerprint density at radius 1 is 0.638 bits per heavy atom. The summed E-state index contributed by atoms with van der Waals surface area (Å²) >= 11 is 0. The highest BCUT2D eigenvalue weighted by Gasteiger charge is 2.38. The van der Waals surface area contributed by atoms with Crippen LogP contribution in [-0.4, -0.2) is 46.0 Å². The van der Waals surface area contributed by atoms with Gasteiger partial charge >= 0.3 is 18.4 Å². The average molecular weight is 955 g/mol. The zero-order chi connectivity index (χ0) is 51.1. The molecule has 0 unspecified atom stereocenters. The zero-order valence-electron chi connectivity index (χ0n) is 40.0. The van der Waals surface area contributed by atoms with E-state index in [0.717, 1.165) is 12.1 Å². The van der Waals surface area contributed by atoms with Crippen molar-refractivity contribution in [1.82, 2.24) is 15.3 Å². The summed E-state index contributed by atoms with van der Waals surface area (Å²) < 4.78 is 101. The van der Waals surface area contributed by atoms with E-state index in [-0.39, 0.29) is 30.6 Å². The van der Waals surface area contributed by atoms with Gasteiger partial charge in [-0.05, 0) is 130 Å². The third-order valence-electron chi connectivity index (χ3n) is 10.5. The minimum absolute atomic E-state index is 0.0226. The molecule has 0 aliphatic rings. The quantitative estimate of drug-likeness (QED) is 0.0874. The van der Waals surface area contributed by atoms with Crippen LogP contribution in [0.5, 0.6) is 11.5 Å². The number of alkyl halides is 6. The van der Waals surface area contributed by atoms with Crippen molar-refractivity contribution in [3.63, 3.8) is 0 Å². The van der Waals surface area contributed by atoms with Crippen LogP contribution in [0.3, 0.4) is 0 Å². The van der Waals surface area contributed by atoms with Crippen LogP contribution < -0.4 is 20.5 Å². The molecule has 3 N–H and O–H groups in total. The molecule has 2 heterocycles. The van der Waals surface area contributed by atoms with Gasteiger partial charge in [0, 0.05) is 28.7 Å². The number of halogens is 6. The maximum Gasteiger partial charge on any atom is 0.419 e. The number of ether oxygens (including phenoxy) is 3. The van der Waals surface area contributed by atoms with Gasteiger partial charge in [-0.25, -0.2) is 14.5 Å². The van der Waals surface area contributed by atoms with Crippen molar-refractivity contribution in [3.8, 4) is 33.8 Å². The number of nitrogens with two attached hydrogens (primary N) is 1. The highest BCUT2D eigenvalue weighted by molar-refractivity contribution is 5.97. The summed E-state index contributed by atoms with van der Waals surface area (Å²) in [5.41, 5.74) is 5.74. The molecule has 1 amide bonds. The molecule has 10 nitrogen and oxygen atoms in total. The first-order chi connectivity index (χ1) is 32.1. The summed E-state index contributed by atoms with van der Waals surface area (Å²) in [7, 11) is 0. The molecule has 4 aromatic carbocycles. The molecule has 0 aliphatic carbocycles. The summed E-state index contributed by atoms with van der Waals surface area (Å²) in [5, 5.41) is 4.08. The zero-order valence-corrected chi connectivity index (χ0v) is 40.0. The Balaban J connectivity index is 0.000000263. The van der Waals surface area contributed by atoms with Gasteiger partial charge in [0.25, 0.3) is 0 Å². The molecule has 0 spiro atoms. The van der Waals surface area contributed by atoms with Crippen molar-refractivity contribution in [2.45, 2.75) is 104 Å². The van der Waals surface area contributed by atoms with Gasteiger partial charge in [-0.1, -0.05) is 64.1 Å². The molecule has 6 aromatic rings. The number of aromatic nitrogens is 2. The largest absolute Gasteiger partial charge is 0.491 e. The summed E-state index contributed by atoms with van der Waals surface area (Å²) in [6.07, 6.45) is -5.82. The SMILES string of the molecule is [C-]#[N+]c1ccc2c(-c3ccc(OC[C@@](C)(N)CC(C)C)c(C(F)(F)F)c3)ccnc2c1.[C-]#[N+]c1ccc2c(-c3ccc(OC[C@](C)(CC(C)C)NC(=O)OC(C)(C)C)c(C(F)(F)F)c3)ccnc2c1. The van der Waals surface area contributed by atoms with Crippen LogP contribution in [0, 0.1) is 25.0 Å². The number of pyridine rings is 2. The van der Waals surface area contributed by atoms with Crippen LogP contribution in [0.1, 0.15) is 86.3 Å². The number of nitrogens with one attached hydrogen (secondary N) is 1. The van der Waals surface area contributed by atoms with Crippen molar-refractivity contribution >= 4 is 39.3 Å². The van der Waals surface area contributed by atoms with Crippen LogP contribution in [0.15, 0.2) is 97.3 Å². The van der Waals surface area contributed by atoms with E-state index in [1.807, 2.05) is 27.7 Å². The van der Waals surface area contributed by atoms with E-state index in [1.165, 1.54) is 24.5 Å². The average Bonchev–Trinajstić information content (AvgIpc) is 3.25. The summed E-state index contributed by atoms with van der Waals surface area (Å²) in [5.74, 6) is -0.154. The minimum Gasteiger partial charge on any atom is -0.491 e. The lowest BCUT2D eigenvalue weighted by molar-refractivity contribution is -0.139. The predicted molar refractivity (Wildman–Crippen MR) is 257 cm³/mol. The van der Waals surface area contributed by atoms with Gasteiger partial charge < -0.3 is 25.3 Å². The third kappa shape index (κ3) is 14.5. The van der Waals surface area contributed by atoms with E-state index >= 15 is 0 Å². The summed E-state index contributed by atoms with van der Waals surface area (Å²) in [6.45, 7) is 30.7. The lowest BCUT2D eigenvalue weighted by Gasteiger charge is -2.33. The number of alkyl carbamates (subject to hydrolysis) is 1. The number of hydrogen-bond acceptors (Lipinski definition) is 7. The number of amides is 1. The van der Waals surface area contributed by atoms with Crippen molar-refractivity contribution in [3.05, 3.63) is 131 Å². The molecule has 2 atom stereocenters. The molecular formula is C53H56F6N6O4. The maximum absolute atomic E-state index is 14.2. The molecule has 0 radical (unpaired) electrons. The van der Waals surface area contributed by atoms with Crippen LogP contribution in [0.2, 0.25) is 0 Å².